The van der Waals surface area contributed by atoms with Crippen LogP contribution in [0.2, 0.25) is 0 Å². The molecule has 0 saturated heterocycles. The summed E-state index contributed by atoms with van der Waals surface area (Å²) in [6, 6.07) is 17.8. The number of benzene rings is 2. The molecule has 1 atom stereocenters. The molecule has 1 unspecified atom stereocenters. The van der Waals surface area contributed by atoms with E-state index in [1.165, 1.54) is 22.6 Å². The topological polar surface area (TPSA) is 3.24 Å². The minimum Gasteiger partial charge on any atom is -0.311 e. The molecule has 3 rings (SSSR count). The Bertz CT molecular complexity index is 1000. The lowest BCUT2D eigenvalue weighted by Crippen LogP contribution is -2.34. The van der Waals surface area contributed by atoms with Gasteiger partial charge in [-0.15, -0.1) is 0 Å². The van der Waals surface area contributed by atoms with E-state index in [-0.39, 0.29) is 16.2 Å². The first kappa shape index (κ1) is 24.1. The zero-order valence-corrected chi connectivity index (χ0v) is 21.2. The Balaban J connectivity index is 2.04. The second-order valence-corrected chi connectivity index (χ2v) is 10.7. The molecular formula is C31H41N. The van der Waals surface area contributed by atoms with Gasteiger partial charge in [0.05, 0.1) is 0 Å². The summed E-state index contributed by atoms with van der Waals surface area (Å²) in [5, 5.41) is 0. The van der Waals surface area contributed by atoms with Gasteiger partial charge in [-0.3, -0.25) is 0 Å². The Hall–Kier alpha value is -2.54. The van der Waals surface area contributed by atoms with Crippen molar-refractivity contribution in [2.24, 2.45) is 10.8 Å². The smallest absolute Gasteiger partial charge is 0.0467 e. The summed E-state index contributed by atoms with van der Waals surface area (Å²) in [5.74, 6) is 0. The number of nitrogens with zero attached hydrogens (tertiary/aromatic N) is 1. The predicted octanol–water partition coefficient (Wildman–Crippen LogP) is 9.44. The second kappa shape index (κ2) is 9.14. The standard InChI is InChI=1S/C31H41N/c1-9-24-13-12-14-28(23-24)32(26-17-15-25(16-18-26)29(4,5)10-2)27-19-21-31(8,22-20-27)30(6,7)11-3/h9,12-21,23H,1,10-11,22H2,2-8H3. The summed E-state index contributed by atoms with van der Waals surface area (Å²) >= 11 is 0. The summed E-state index contributed by atoms with van der Waals surface area (Å²) in [5.41, 5.74) is 6.71. The fourth-order valence-corrected chi connectivity index (χ4v) is 4.30. The van der Waals surface area contributed by atoms with Crippen LogP contribution in [0.5, 0.6) is 0 Å². The van der Waals surface area contributed by atoms with Crippen LogP contribution in [0.25, 0.3) is 6.08 Å². The number of allylic oxidation sites excluding steroid dienone is 3. The molecule has 1 nitrogen and oxygen atoms in total. The lowest BCUT2D eigenvalue weighted by molar-refractivity contribution is 0.139. The molecular weight excluding hydrogens is 386 g/mol. The average molecular weight is 428 g/mol. The maximum Gasteiger partial charge on any atom is 0.0467 e. The van der Waals surface area contributed by atoms with Crippen molar-refractivity contribution in [1.29, 1.82) is 0 Å². The number of hydrogen-bond donors (Lipinski definition) is 0. The van der Waals surface area contributed by atoms with Crippen LogP contribution in [0.4, 0.5) is 11.4 Å². The quantitative estimate of drug-likeness (QED) is 0.405. The van der Waals surface area contributed by atoms with Crippen LogP contribution in [0.15, 0.2) is 79.0 Å². The maximum atomic E-state index is 3.97. The Kier molecular flexibility index (Phi) is 6.89. The Morgan fingerprint density at radius 2 is 1.66 bits per heavy atom. The van der Waals surface area contributed by atoms with E-state index in [0.717, 1.165) is 24.8 Å². The van der Waals surface area contributed by atoms with Crippen molar-refractivity contribution >= 4 is 17.5 Å². The molecule has 0 spiro atoms. The molecule has 2 aromatic carbocycles. The molecule has 0 aliphatic heterocycles. The average Bonchev–Trinajstić information content (AvgIpc) is 2.81. The molecule has 170 valence electrons. The second-order valence-electron chi connectivity index (χ2n) is 10.7. The minimum absolute atomic E-state index is 0.162. The van der Waals surface area contributed by atoms with Crippen molar-refractivity contribution in [1.82, 2.24) is 0 Å². The normalized spacial score (nSPS) is 18.9. The number of anilines is 2. The van der Waals surface area contributed by atoms with Gasteiger partial charge in [0.25, 0.3) is 0 Å². The Morgan fingerprint density at radius 3 is 2.19 bits per heavy atom. The molecule has 0 N–H and O–H groups in total. The minimum atomic E-state index is 0.162. The molecule has 0 aromatic heterocycles. The molecule has 0 amide bonds. The molecule has 1 aliphatic rings. The van der Waals surface area contributed by atoms with Gasteiger partial charge in [0.1, 0.15) is 0 Å². The van der Waals surface area contributed by atoms with Crippen molar-refractivity contribution in [2.75, 3.05) is 4.90 Å². The van der Waals surface area contributed by atoms with Crippen molar-refractivity contribution in [3.63, 3.8) is 0 Å². The fourth-order valence-electron chi connectivity index (χ4n) is 4.30. The maximum absolute atomic E-state index is 3.97. The monoisotopic (exact) mass is 427 g/mol. The summed E-state index contributed by atoms with van der Waals surface area (Å²) in [4.78, 5) is 2.38. The molecule has 1 aliphatic carbocycles. The zero-order valence-electron chi connectivity index (χ0n) is 21.2. The van der Waals surface area contributed by atoms with Gasteiger partial charge < -0.3 is 4.90 Å². The lowest BCUT2D eigenvalue weighted by atomic mass is 9.62. The first-order valence-electron chi connectivity index (χ1n) is 12.1. The van der Waals surface area contributed by atoms with Gasteiger partial charge in [-0.25, -0.2) is 0 Å². The molecule has 2 aromatic rings. The largest absolute Gasteiger partial charge is 0.311 e. The van der Waals surface area contributed by atoms with E-state index in [1.54, 1.807) is 0 Å². The molecule has 0 saturated carbocycles. The highest BCUT2D eigenvalue weighted by molar-refractivity contribution is 5.72. The SMILES string of the molecule is C=Cc1cccc(N(C2=CCC(C)(C(C)(C)CC)C=C2)c2ccc(C(C)(C)CC)cc2)c1. The van der Waals surface area contributed by atoms with Crippen molar-refractivity contribution in [3.8, 4) is 0 Å². The van der Waals surface area contributed by atoms with E-state index in [2.05, 4.69) is 127 Å². The third-order valence-corrected chi connectivity index (χ3v) is 8.20. The van der Waals surface area contributed by atoms with E-state index in [4.69, 9.17) is 0 Å². The van der Waals surface area contributed by atoms with Crippen LogP contribution in [0.3, 0.4) is 0 Å². The van der Waals surface area contributed by atoms with E-state index in [1.807, 2.05) is 6.08 Å². The van der Waals surface area contributed by atoms with Gasteiger partial charge in [0.15, 0.2) is 0 Å². The molecule has 32 heavy (non-hydrogen) atoms. The van der Waals surface area contributed by atoms with Crippen LogP contribution in [0.1, 0.15) is 78.9 Å². The van der Waals surface area contributed by atoms with Gasteiger partial charge >= 0.3 is 0 Å². The molecule has 1 heteroatoms. The van der Waals surface area contributed by atoms with Crippen LogP contribution in [-0.2, 0) is 5.41 Å². The highest BCUT2D eigenvalue weighted by Gasteiger charge is 2.38. The third kappa shape index (κ3) is 4.63. The van der Waals surface area contributed by atoms with Crippen LogP contribution < -0.4 is 4.90 Å². The number of rotatable bonds is 8. The fraction of sp³-hybridized carbons (Fsp3) is 0.419. The summed E-state index contributed by atoms with van der Waals surface area (Å²) < 4.78 is 0. The summed E-state index contributed by atoms with van der Waals surface area (Å²) in [6.07, 6.45) is 12.4. The first-order valence-corrected chi connectivity index (χ1v) is 12.1. The van der Waals surface area contributed by atoms with Crippen molar-refractivity contribution in [3.05, 3.63) is 90.2 Å². The lowest BCUT2D eigenvalue weighted by Gasteiger charge is -2.44. The third-order valence-electron chi connectivity index (χ3n) is 8.20. The van der Waals surface area contributed by atoms with Crippen molar-refractivity contribution in [2.45, 2.75) is 73.1 Å². The van der Waals surface area contributed by atoms with Gasteiger partial charge in [0, 0.05) is 17.1 Å². The summed E-state index contributed by atoms with van der Waals surface area (Å²) in [6.45, 7) is 20.3. The summed E-state index contributed by atoms with van der Waals surface area (Å²) in [7, 11) is 0. The van der Waals surface area contributed by atoms with E-state index >= 15 is 0 Å². The molecule has 0 heterocycles. The first-order chi connectivity index (χ1) is 15.1. The molecule has 0 radical (unpaired) electrons. The van der Waals surface area contributed by atoms with Crippen LogP contribution >= 0.6 is 0 Å². The van der Waals surface area contributed by atoms with Crippen LogP contribution in [-0.4, -0.2) is 0 Å². The molecule has 0 bridgehead atoms. The Labute approximate surface area is 196 Å². The van der Waals surface area contributed by atoms with Gasteiger partial charge in [-0.05, 0) is 70.6 Å². The highest BCUT2D eigenvalue weighted by atomic mass is 15.1. The van der Waals surface area contributed by atoms with E-state index in [0.29, 0.717) is 0 Å². The predicted molar refractivity (Wildman–Crippen MR) is 142 cm³/mol. The molecule has 0 fully saturated rings. The van der Waals surface area contributed by atoms with E-state index < -0.39 is 0 Å². The highest BCUT2D eigenvalue weighted by Crippen LogP contribution is 2.48. The van der Waals surface area contributed by atoms with Crippen LogP contribution in [0, 0.1) is 10.8 Å². The van der Waals surface area contributed by atoms with E-state index in [9.17, 15) is 0 Å². The van der Waals surface area contributed by atoms with Gasteiger partial charge in [0.2, 0.25) is 0 Å². The van der Waals surface area contributed by atoms with Gasteiger partial charge in [-0.1, -0.05) is 104 Å². The zero-order chi connectivity index (χ0) is 23.6. The van der Waals surface area contributed by atoms with Crippen molar-refractivity contribution < 1.29 is 0 Å². The number of hydrogen-bond acceptors (Lipinski definition) is 1. The van der Waals surface area contributed by atoms with Gasteiger partial charge in [-0.2, -0.15) is 0 Å². The Morgan fingerprint density at radius 1 is 0.969 bits per heavy atom.